The normalized spacial score (nSPS) is 16.9. The third-order valence-corrected chi connectivity index (χ3v) is 9.29. The van der Waals surface area contributed by atoms with Gasteiger partial charge in [-0.15, -0.1) is 10.2 Å². The fraction of sp³-hybridized carbons (Fsp3) is 0.389. The third-order valence-electron chi connectivity index (χ3n) is 4.51. The summed E-state index contributed by atoms with van der Waals surface area (Å²) in [6, 6.07) is 5.72. The zero-order valence-electron chi connectivity index (χ0n) is 17.2. The van der Waals surface area contributed by atoms with E-state index in [2.05, 4.69) is 25.8 Å². The Morgan fingerprint density at radius 1 is 1.12 bits per heavy atom. The van der Waals surface area contributed by atoms with Crippen molar-refractivity contribution < 1.29 is 22.7 Å². The Balaban J connectivity index is 1.30. The number of hydrogen-bond acceptors (Lipinski definition) is 11. The largest absolute Gasteiger partial charge is 0.379 e. The molecule has 4 rings (SSSR count). The van der Waals surface area contributed by atoms with Crippen molar-refractivity contribution in [3.8, 4) is 0 Å². The number of benzene rings is 1. The van der Waals surface area contributed by atoms with Gasteiger partial charge in [-0.3, -0.25) is 19.9 Å². The Hall–Kier alpha value is -2.04. The standard InChI is InChI=1S/C18H20N6O5S4/c25-14(20-16-19-5-10-30-16)11-31-18-23-22-17(32-18)21-15(26)12-1-3-13(4-2-12)33(27,28)24-6-8-29-9-7-24/h1-4H,5-11H2,(H,19,20,25)(H,21,22,26). The molecule has 176 valence electrons. The van der Waals surface area contributed by atoms with Crippen LogP contribution in [0.4, 0.5) is 5.13 Å². The molecule has 2 aromatic rings. The highest BCUT2D eigenvalue weighted by molar-refractivity contribution is 8.14. The third kappa shape index (κ3) is 6.30. The summed E-state index contributed by atoms with van der Waals surface area (Å²) in [7, 11) is -3.62. The molecule has 0 aliphatic carbocycles. The van der Waals surface area contributed by atoms with E-state index in [0.29, 0.717) is 42.4 Å². The lowest BCUT2D eigenvalue weighted by molar-refractivity contribution is -0.117. The average molecular weight is 529 g/mol. The molecule has 1 aromatic carbocycles. The highest BCUT2D eigenvalue weighted by Gasteiger charge is 2.26. The fourth-order valence-electron chi connectivity index (χ4n) is 2.90. The number of amides is 2. The fourth-order valence-corrected chi connectivity index (χ4v) is 6.60. The monoisotopic (exact) mass is 528 g/mol. The van der Waals surface area contributed by atoms with Crippen LogP contribution in [0.15, 0.2) is 38.5 Å². The lowest BCUT2D eigenvalue weighted by Crippen LogP contribution is -2.40. The lowest BCUT2D eigenvalue weighted by Gasteiger charge is -2.26. The van der Waals surface area contributed by atoms with Gasteiger partial charge < -0.3 is 10.1 Å². The van der Waals surface area contributed by atoms with E-state index in [1.54, 1.807) is 0 Å². The number of rotatable bonds is 7. The first-order valence-corrected chi connectivity index (χ1v) is 14.1. The van der Waals surface area contributed by atoms with Crippen LogP contribution in [0.2, 0.25) is 0 Å². The molecule has 2 N–H and O–H groups in total. The van der Waals surface area contributed by atoms with Crippen molar-refractivity contribution in [2.75, 3.05) is 49.7 Å². The topological polar surface area (TPSA) is 143 Å². The van der Waals surface area contributed by atoms with Gasteiger partial charge in [0.25, 0.3) is 5.91 Å². The van der Waals surface area contributed by atoms with Crippen LogP contribution in [0, 0.1) is 0 Å². The van der Waals surface area contributed by atoms with E-state index < -0.39 is 15.9 Å². The lowest BCUT2D eigenvalue weighted by atomic mass is 10.2. The Kier molecular flexibility index (Phi) is 7.98. The number of amidine groups is 1. The predicted molar refractivity (Wildman–Crippen MR) is 128 cm³/mol. The maximum Gasteiger partial charge on any atom is 0.257 e. The van der Waals surface area contributed by atoms with E-state index in [1.165, 1.54) is 52.1 Å². The minimum atomic E-state index is -3.62. The van der Waals surface area contributed by atoms with Gasteiger partial charge in [-0.25, -0.2) is 8.42 Å². The van der Waals surface area contributed by atoms with Crippen LogP contribution in [-0.2, 0) is 19.6 Å². The van der Waals surface area contributed by atoms with Crippen molar-refractivity contribution in [3.05, 3.63) is 29.8 Å². The zero-order valence-corrected chi connectivity index (χ0v) is 20.5. The van der Waals surface area contributed by atoms with Crippen molar-refractivity contribution in [1.29, 1.82) is 0 Å². The van der Waals surface area contributed by atoms with Gasteiger partial charge in [-0.05, 0) is 24.3 Å². The molecule has 2 aliphatic heterocycles. The summed E-state index contributed by atoms with van der Waals surface area (Å²) in [5.41, 5.74) is 0.287. The van der Waals surface area contributed by atoms with Crippen molar-refractivity contribution in [1.82, 2.24) is 19.8 Å². The molecule has 1 aromatic heterocycles. The molecule has 0 radical (unpaired) electrons. The second-order valence-corrected chi connectivity index (χ2v) is 12.0. The van der Waals surface area contributed by atoms with Crippen molar-refractivity contribution in [2.45, 2.75) is 9.24 Å². The van der Waals surface area contributed by atoms with Gasteiger partial charge in [0, 0.05) is 24.4 Å². The molecular formula is C18H20N6O5S4. The van der Waals surface area contributed by atoms with Gasteiger partial charge in [0.15, 0.2) is 9.51 Å². The minimum Gasteiger partial charge on any atom is -0.379 e. The number of ether oxygens (including phenoxy) is 1. The van der Waals surface area contributed by atoms with Crippen LogP contribution < -0.4 is 10.6 Å². The molecule has 1 fully saturated rings. The number of sulfonamides is 1. The second-order valence-electron chi connectivity index (χ2n) is 6.74. The van der Waals surface area contributed by atoms with Crippen LogP contribution in [0.1, 0.15) is 10.4 Å². The van der Waals surface area contributed by atoms with Crippen LogP contribution in [0.25, 0.3) is 0 Å². The highest BCUT2D eigenvalue weighted by Crippen LogP contribution is 2.26. The number of anilines is 1. The molecule has 2 aliphatic rings. The number of thioether (sulfide) groups is 2. The second kappa shape index (κ2) is 10.9. The summed E-state index contributed by atoms with van der Waals surface area (Å²) in [5.74, 6) is 0.406. The number of nitrogens with one attached hydrogen (secondary N) is 2. The van der Waals surface area contributed by atoms with Gasteiger partial charge in [0.1, 0.15) is 0 Å². The molecule has 0 spiro atoms. The van der Waals surface area contributed by atoms with E-state index >= 15 is 0 Å². The SMILES string of the molecule is O=C(CSc1nnc(NC(=O)c2ccc(S(=O)(=O)N3CCOCC3)cc2)s1)NC1=NCCS1. The van der Waals surface area contributed by atoms with Gasteiger partial charge in [0.2, 0.25) is 21.1 Å². The number of carbonyl (C=O) groups excluding carboxylic acids is 2. The van der Waals surface area contributed by atoms with E-state index in [9.17, 15) is 18.0 Å². The minimum absolute atomic E-state index is 0.121. The van der Waals surface area contributed by atoms with E-state index in [4.69, 9.17) is 4.74 Å². The molecule has 0 bridgehead atoms. The van der Waals surface area contributed by atoms with Crippen molar-refractivity contribution >= 4 is 67.0 Å². The molecule has 0 unspecified atom stereocenters. The highest BCUT2D eigenvalue weighted by atomic mass is 32.2. The van der Waals surface area contributed by atoms with Crippen LogP contribution in [-0.4, -0.2) is 84.3 Å². The Morgan fingerprint density at radius 2 is 1.88 bits per heavy atom. The number of nitrogens with zero attached hydrogens (tertiary/aromatic N) is 4. The molecule has 33 heavy (non-hydrogen) atoms. The summed E-state index contributed by atoms with van der Waals surface area (Å²) in [6.07, 6.45) is 0. The molecule has 1 saturated heterocycles. The molecule has 11 nitrogen and oxygen atoms in total. The number of carbonyl (C=O) groups is 2. The van der Waals surface area contributed by atoms with Crippen LogP contribution >= 0.6 is 34.9 Å². The van der Waals surface area contributed by atoms with Crippen molar-refractivity contribution in [2.24, 2.45) is 4.99 Å². The van der Waals surface area contributed by atoms with Crippen LogP contribution in [0.5, 0.6) is 0 Å². The first-order chi connectivity index (χ1) is 15.9. The van der Waals surface area contributed by atoms with Crippen molar-refractivity contribution in [3.63, 3.8) is 0 Å². The maximum atomic E-state index is 12.7. The number of aromatic nitrogens is 2. The molecule has 3 heterocycles. The molecular weight excluding hydrogens is 509 g/mol. The van der Waals surface area contributed by atoms with Gasteiger partial charge in [0.05, 0.1) is 30.4 Å². The number of aliphatic imine (C=N–C) groups is 1. The Labute approximate surface area is 202 Å². The average Bonchev–Trinajstić information content (AvgIpc) is 3.50. The van der Waals surface area contributed by atoms with E-state index in [1.807, 2.05) is 0 Å². The predicted octanol–water partition coefficient (Wildman–Crippen LogP) is 1.12. The summed E-state index contributed by atoms with van der Waals surface area (Å²) >= 11 is 3.86. The first kappa shape index (κ1) is 24.1. The summed E-state index contributed by atoms with van der Waals surface area (Å²) in [5, 5.41) is 14.2. The molecule has 0 atom stereocenters. The first-order valence-electron chi connectivity index (χ1n) is 9.84. The van der Waals surface area contributed by atoms with Crippen LogP contribution in [0.3, 0.4) is 0 Å². The van der Waals surface area contributed by atoms with E-state index in [-0.39, 0.29) is 27.3 Å². The maximum absolute atomic E-state index is 12.7. The summed E-state index contributed by atoms with van der Waals surface area (Å²) in [6.45, 7) is 2.04. The molecule has 0 saturated carbocycles. The summed E-state index contributed by atoms with van der Waals surface area (Å²) < 4.78 is 32.5. The summed E-state index contributed by atoms with van der Waals surface area (Å²) in [4.78, 5) is 28.7. The smallest absolute Gasteiger partial charge is 0.257 e. The van der Waals surface area contributed by atoms with Gasteiger partial charge in [-0.2, -0.15) is 4.31 Å². The quantitative estimate of drug-likeness (QED) is 0.399. The Morgan fingerprint density at radius 3 is 2.58 bits per heavy atom. The zero-order chi connectivity index (χ0) is 23.3. The van der Waals surface area contributed by atoms with Gasteiger partial charge in [-0.1, -0.05) is 34.9 Å². The molecule has 2 amide bonds. The Bertz CT molecular complexity index is 1150. The number of morpholine rings is 1. The van der Waals surface area contributed by atoms with Gasteiger partial charge >= 0.3 is 0 Å². The number of hydrogen-bond donors (Lipinski definition) is 2. The molecule has 15 heteroatoms. The van der Waals surface area contributed by atoms with E-state index in [0.717, 1.165) is 17.1 Å².